The van der Waals surface area contributed by atoms with Crippen LogP contribution in [0.2, 0.25) is 0 Å². The molecule has 6 rings (SSSR count). The average Bonchev–Trinajstić information content (AvgIpc) is 3.41. The third kappa shape index (κ3) is 2.56. The molecule has 0 unspecified atom stereocenters. The second kappa shape index (κ2) is 6.34. The van der Waals surface area contributed by atoms with Gasteiger partial charge in [0, 0.05) is 40.0 Å². The first-order chi connectivity index (χ1) is 14.7. The summed E-state index contributed by atoms with van der Waals surface area (Å²) in [5, 5.41) is 1.91. The molecule has 0 aliphatic heterocycles. The van der Waals surface area contributed by atoms with Gasteiger partial charge in [-0.1, -0.05) is 24.3 Å². The lowest BCUT2D eigenvalue weighted by Gasteiger charge is -2.00. The van der Waals surface area contributed by atoms with Gasteiger partial charge in [-0.25, -0.2) is 0 Å². The predicted octanol–water partition coefficient (Wildman–Crippen LogP) is 6.17. The van der Waals surface area contributed by atoms with E-state index in [1.165, 1.54) is 11.3 Å². The molecular formula is C25H13NO3S. The highest BCUT2D eigenvalue weighted by Gasteiger charge is 2.33. The standard InChI is InChI=1S/C25H13NO3S/c27-24-18-8-14-4-1-2-5-15(14)9-19(18)25(28)20(24)10-17-11-22-23(30-17)12-21(29-22)16-6-3-7-26-13-16/h1-13H. The van der Waals surface area contributed by atoms with E-state index in [0.717, 1.165) is 37.3 Å². The van der Waals surface area contributed by atoms with Crippen molar-refractivity contribution in [2.75, 3.05) is 0 Å². The Kier molecular flexibility index (Phi) is 3.60. The molecule has 0 saturated heterocycles. The first-order valence-electron chi connectivity index (χ1n) is 9.45. The molecule has 1 aliphatic rings. The van der Waals surface area contributed by atoms with Gasteiger partial charge in [-0.05, 0) is 47.2 Å². The number of ketones is 2. The lowest BCUT2D eigenvalue weighted by molar-refractivity contribution is 0.0990. The van der Waals surface area contributed by atoms with Crippen molar-refractivity contribution in [1.29, 1.82) is 0 Å². The number of hydrogen-bond acceptors (Lipinski definition) is 5. The van der Waals surface area contributed by atoms with Gasteiger partial charge >= 0.3 is 0 Å². The molecule has 0 N–H and O–H groups in total. The van der Waals surface area contributed by atoms with Crippen molar-refractivity contribution in [3.63, 3.8) is 0 Å². The van der Waals surface area contributed by atoms with Crippen molar-refractivity contribution < 1.29 is 14.0 Å². The third-order valence-electron chi connectivity index (χ3n) is 5.32. The summed E-state index contributed by atoms with van der Waals surface area (Å²) in [6, 6.07) is 19.0. The van der Waals surface area contributed by atoms with Crippen LogP contribution < -0.4 is 0 Å². The van der Waals surface area contributed by atoms with E-state index in [2.05, 4.69) is 4.98 Å². The Morgan fingerprint density at radius 2 is 1.60 bits per heavy atom. The highest BCUT2D eigenvalue weighted by Crippen LogP contribution is 2.36. The fourth-order valence-corrected chi connectivity index (χ4v) is 4.82. The molecule has 3 heterocycles. The molecule has 142 valence electrons. The molecule has 0 fully saturated rings. The average molecular weight is 407 g/mol. The number of benzene rings is 2. The number of nitrogens with zero attached hydrogens (tertiary/aromatic N) is 1. The molecule has 5 aromatic rings. The summed E-state index contributed by atoms with van der Waals surface area (Å²) in [4.78, 5) is 30.8. The van der Waals surface area contributed by atoms with Crippen LogP contribution in [0.4, 0.5) is 0 Å². The number of pyridine rings is 1. The van der Waals surface area contributed by atoms with E-state index in [1.54, 1.807) is 18.5 Å². The van der Waals surface area contributed by atoms with Gasteiger partial charge in [-0.15, -0.1) is 11.3 Å². The van der Waals surface area contributed by atoms with E-state index in [1.807, 2.05) is 60.7 Å². The molecule has 0 atom stereocenters. The second-order valence-electron chi connectivity index (χ2n) is 7.19. The largest absolute Gasteiger partial charge is 0.455 e. The molecule has 30 heavy (non-hydrogen) atoms. The summed E-state index contributed by atoms with van der Waals surface area (Å²) in [7, 11) is 0. The first kappa shape index (κ1) is 17.1. The zero-order valence-electron chi connectivity index (χ0n) is 15.6. The number of thiophene rings is 1. The van der Waals surface area contributed by atoms with Crippen molar-refractivity contribution >= 4 is 50.0 Å². The van der Waals surface area contributed by atoms with E-state index in [-0.39, 0.29) is 17.1 Å². The summed E-state index contributed by atoms with van der Waals surface area (Å²) >= 11 is 1.49. The van der Waals surface area contributed by atoms with Gasteiger partial charge < -0.3 is 4.42 Å². The van der Waals surface area contributed by atoms with Gasteiger partial charge in [0.05, 0.1) is 10.3 Å². The number of Topliss-reactive ketones (excluding diaryl/α,β-unsaturated/α-hetero) is 2. The number of fused-ring (bicyclic) bond motifs is 3. The normalized spacial score (nSPS) is 13.4. The molecule has 1 aliphatic carbocycles. The Bertz CT molecular complexity index is 1430. The Morgan fingerprint density at radius 1 is 0.867 bits per heavy atom. The van der Waals surface area contributed by atoms with Crippen LogP contribution in [-0.2, 0) is 0 Å². The molecule has 0 spiro atoms. The molecule has 3 aromatic heterocycles. The molecule has 0 radical (unpaired) electrons. The Morgan fingerprint density at radius 3 is 2.23 bits per heavy atom. The van der Waals surface area contributed by atoms with E-state index in [0.29, 0.717) is 11.1 Å². The molecule has 5 heteroatoms. The fourth-order valence-electron chi connectivity index (χ4n) is 3.86. The topological polar surface area (TPSA) is 60.2 Å². The summed E-state index contributed by atoms with van der Waals surface area (Å²) in [6.45, 7) is 0. The van der Waals surface area contributed by atoms with Crippen LogP contribution in [0.5, 0.6) is 0 Å². The summed E-state index contributed by atoms with van der Waals surface area (Å²) < 4.78 is 6.90. The minimum atomic E-state index is -0.221. The lowest BCUT2D eigenvalue weighted by atomic mass is 10.0. The highest BCUT2D eigenvalue weighted by molar-refractivity contribution is 7.19. The van der Waals surface area contributed by atoms with Crippen LogP contribution in [0, 0.1) is 0 Å². The van der Waals surface area contributed by atoms with Crippen LogP contribution >= 0.6 is 11.3 Å². The van der Waals surface area contributed by atoms with Crippen molar-refractivity contribution in [3.05, 3.63) is 94.6 Å². The lowest BCUT2D eigenvalue weighted by Crippen LogP contribution is -1.99. The van der Waals surface area contributed by atoms with Crippen LogP contribution in [0.15, 0.2) is 83.0 Å². The number of rotatable bonds is 2. The third-order valence-corrected chi connectivity index (χ3v) is 6.33. The van der Waals surface area contributed by atoms with Gasteiger partial charge in [0.15, 0.2) is 11.6 Å². The number of carbonyl (C=O) groups is 2. The van der Waals surface area contributed by atoms with Crippen molar-refractivity contribution in [3.8, 4) is 11.3 Å². The van der Waals surface area contributed by atoms with Crippen LogP contribution in [0.25, 0.3) is 38.5 Å². The smallest absolute Gasteiger partial charge is 0.197 e. The van der Waals surface area contributed by atoms with Crippen molar-refractivity contribution in [1.82, 2.24) is 4.98 Å². The number of aromatic nitrogens is 1. The monoisotopic (exact) mass is 407 g/mol. The van der Waals surface area contributed by atoms with Gasteiger partial charge in [0.1, 0.15) is 11.3 Å². The number of furan rings is 1. The number of allylic oxidation sites excluding steroid dienone is 1. The van der Waals surface area contributed by atoms with Crippen molar-refractivity contribution in [2.24, 2.45) is 0 Å². The maximum absolute atomic E-state index is 12.9. The Balaban J connectivity index is 1.39. The van der Waals surface area contributed by atoms with E-state index in [9.17, 15) is 9.59 Å². The molecule has 0 saturated carbocycles. The van der Waals surface area contributed by atoms with E-state index < -0.39 is 0 Å². The second-order valence-corrected chi connectivity index (χ2v) is 8.31. The highest BCUT2D eigenvalue weighted by atomic mass is 32.1. The fraction of sp³-hybridized carbons (Fsp3) is 0. The van der Waals surface area contributed by atoms with Crippen LogP contribution in [0.3, 0.4) is 0 Å². The summed E-state index contributed by atoms with van der Waals surface area (Å²) in [5.74, 6) is 0.305. The van der Waals surface area contributed by atoms with Crippen LogP contribution in [-0.4, -0.2) is 16.6 Å². The predicted molar refractivity (Wildman–Crippen MR) is 118 cm³/mol. The minimum absolute atomic E-state index is 0.205. The maximum Gasteiger partial charge on any atom is 0.197 e. The number of hydrogen-bond donors (Lipinski definition) is 0. The minimum Gasteiger partial charge on any atom is -0.455 e. The quantitative estimate of drug-likeness (QED) is 0.259. The molecule has 2 aromatic carbocycles. The van der Waals surface area contributed by atoms with Gasteiger partial charge in [-0.2, -0.15) is 0 Å². The Labute approximate surface area is 175 Å². The molecule has 0 amide bonds. The van der Waals surface area contributed by atoms with Gasteiger partial charge in [0.2, 0.25) is 0 Å². The molecule has 4 nitrogen and oxygen atoms in total. The summed E-state index contributed by atoms with van der Waals surface area (Å²) in [6.07, 6.45) is 5.15. The molecule has 0 bridgehead atoms. The maximum atomic E-state index is 12.9. The first-order valence-corrected chi connectivity index (χ1v) is 10.3. The van der Waals surface area contributed by atoms with Crippen molar-refractivity contribution in [2.45, 2.75) is 0 Å². The van der Waals surface area contributed by atoms with Gasteiger partial charge in [0.25, 0.3) is 0 Å². The molecular weight excluding hydrogens is 394 g/mol. The van der Waals surface area contributed by atoms with Crippen LogP contribution in [0.1, 0.15) is 25.6 Å². The number of carbonyl (C=O) groups excluding carboxylic acids is 2. The van der Waals surface area contributed by atoms with E-state index in [4.69, 9.17) is 4.42 Å². The Hall–Kier alpha value is -3.83. The van der Waals surface area contributed by atoms with Gasteiger partial charge in [-0.3, -0.25) is 14.6 Å². The zero-order chi connectivity index (χ0) is 20.2. The SMILES string of the molecule is O=C1C(=Cc2cc3oc(-c4cccnc4)cc3s2)C(=O)c2cc3ccccc3cc21. The summed E-state index contributed by atoms with van der Waals surface area (Å²) in [5.41, 5.74) is 2.79. The zero-order valence-corrected chi connectivity index (χ0v) is 16.4. The van der Waals surface area contributed by atoms with E-state index >= 15 is 0 Å².